The lowest BCUT2D eigenvalue weighted by molar-refractivity contribution is 0.0949. The molecule has 7 nitrogen and oxygen atoms in total. The second kappa shape index (κ2) is 7.85. The first-order valence-electron chi connectivity index (χ1n) is 8.95. The summed E-state index contributed by atoms with van der Waals surface area (Å²) in [6.07, 6.45) is 1.53. The average Bonchev–Trinajstić information content (AvgIpc) is 3.26. The van der Waals surface area contributed by atoms with Crippen LogP contribution in [0.2, 0.25) is 0 Å². The molecule has 29 heavy (non-hydrogen) atoms. The molecule has 4 rings (SSSR count). The maximum atomic E-state index is 12.7. The first-order chi connectivity index (χ1) is 14.1. The number of anilines is 1. The van der Waals surface area contributed by atoms with Gasteiger partial charge in [0, 0.05) is 5.39 Å². The summed E-state index contributed by atoms with van der Waals surface area (Å²) in [7, 11) is 0. The van der Waals surface area contributed by atoms with E-state index in [1.807, 2.05) is 0 Å². The minimum Gasteiger partial charge on any atom is -0.467 e. The summed E-state index contributed by atoms with van der Waals surface area (Å²) in [5, 5.41) is 6.61. The largest absolute Gasteiger partial charge is 0.467 e. The molecular formula is C22H17N3O4. The molecule has 0 saturated heterocycles. The third kappa shape index (κ3) is 3.93. The first kappa shape index (κ1) is 18.2. The molecule has 0 atom stereocenters. The summed E-state index contributed by atoms with van der Waals surface area (Å²) in [6.45, 7) is 0.228. The van der Waals surface area contributed by atoms with Gasteiger partial charge in [-0.2, -0.15) is 0 Å². The van der Waals surface area contributed by atoms with Crippen LogP contribution in [0.1, 0.15) is 26.6 Å². The molecule has 2 aromatic heterocycles. The summed E-state index contributed by atoms with van der Waals surface area (Å²) >= 11 is 0. The van der Waals surface area contributed by atoms with Gasteiger partial charge in [-0.25, -0.2) is 0 Å². The van der Waals surface area contributed by atoms with E-state index in [1.165, 1.54) is 6.26 Å². The van der Waals surface area contributed by atoms with Crippen molar-refractivity contribution in [3.8, 4) is 0 Å². The van der Waals surface area contributed by atoms with Crippen LogP contribution in [-0.2, 0) is 6.54 Å². The number of carbonyl (C=O) groups excluding carboxylic acids is 2. The molecule has 0 aliphatic rings. The number of benzene rings is 2. The van der Waals surface area contributed by atoms with Gasteiger partial charge >= 0.3 is 0 Å². The van der Waals surface area contributed by atoms with Crippen LogP contribution in [0.15, 0.2) is 82.2 Å². The highest BCUT2D eigenvalue weighted by Crippen LogP contribution is 2.17. The molecule has 0 fully saturated rings. The van der Waals surface area contributed by atoms with Gasteiger partial charge in [-0.05, 0) is 41.8 Å². The first-order valence-corrected chi connectivity index (χ1v) is 8.95. The predicted octanol–water partition coefficient (Wildman–Crippen LogP) is 3.30. The van der Waals surface area contributed by atoms with Gasteiger partial charge in [0.05, 0.1) is 24.1 Å². The molecule has 0 saturated carbocycles. The van der Waals surface area contributed by atoms with Crippen LogP contribution >= 0.6 is 0 Å². The van der Waals surface area contributed by atoms with Crippen LogP contribution in [-0.4, -0.2) is 16.8 Å². The van der Waals surface area contributed by atoms with Crippen LogP contribution in [0, 0.1) is 0 Å². The zero-order valence-electron chi connectivity index (χ0n) is 15.3. The van der Waals surface area contributed by atoms with E-state index in [2.05, 4.69) is 15.6 Å². The summed E-state index contributed by atoms with van der Waals surface area (Å²) in [6, 6.07) is 18.7. The number of aromatic nitrogens is 1. The van der Waals surface area contributed by atoms with E-state index in [1.54, 1.807) is 66.7 Å². The van der Waals surface area contributed by atoms with Crippen LogP contribution < -0.4 is 16.2 Å². The average molecular weight is 387 g/mol. The molecule has 2 aromatic carbocycles. The van der Waals surface area contributed by atoms with Gasteiger partial charge in [0.2, 0.25) is 0 Å². The molecule has 0 spiro atoms. The zero-order valence-corrected chi connectivity index (χ0v) is 15.3. The number of hydrogen-bond acceptors (Lipinski definition) is 4. The maximum Gasteiger partial charge on any atom is 0.272 e. The Kier molecular flexibility index (Phi) is 4.94. The highest BCUT2D eigenvalue weighted by atomic mass is 16.3. The number of rotatable bonds is 5. The summed E-state index contributed by atoms with van der Waals surface area (Å²) < 4.78 is 5.20. The number of pyridine rings is 1. The van der Waals surface area contributed by atoms with Crippen molar-refractivity contribution in [3.63, 3.8) is 0 Å². The predicted molar refractivity (Wildman–Crippen MR) is 109 cm³/mol. The Morgan fingerprint density at radius 2 is 1.72 bits per heavy atom. The molecule has 0 radical (unpaired) electrons. The number of para-hydroxylation sites is 1. The van der Waals surface area contributed by atoms with E-state index in [0.717, 1.165) is 0 Å². The molecule has 0 unspecified atom stereocenters. The number of nitrogens with one attached hydrogen (secondary N) is 3. The Hall–Kier alpha value is -4.13. The van der Waals surface area contributed by atoms with Gasteiger partial charge < -0.3 is 20.0 Å². The fourth-order valence-corrected chi connectivity index (χ4v) is 2.99. The summed E-state index contributed by atoms with van der Waals surface area (Å²) in [5.41, 5.74) is 0.399. The highest BCUT2D eigenvalue weighted by molar-refractivity contribution is 6.09. The second-order valence-corrected chi connectivity index (χ2v) is 6.36. The van der Waals surface area contributed by atoms with Crippen LogP contribution in [0.4, 0.5) is 5.69 Å². The van der Waals surface area contributed by atoms with E-state index >= 15 is 0 Å². The van der Waals surface area contributed by atoms with Crippen molar-refractivity contribution in [1.82, 2.24) is 10.3 Å². The quantitative estimate of drug-likeness (QED) is 0.489. The number of H-pyrrole nitrogens is 1. The molecular weight excluding hydrogens is 370 g/mol. The Bertz CT molecular complexity index is 1240. The fraction of sp³-hybridized carbons (Fsp3) is 0.0455. The number of amides is 2. The van der Waals surface area contributed by atoms with Gasteiger partial charge in [0.15, 0.2) is 0 Å². The van der Waals surface area contributed by atoms with E-state index in [-0.39, 0.29) is 23.7 Å². The number of hydrogen-bond donors (Lipinski definition) is 3. The molecule has 144 valence electrons. The molecule has 4 aromatic rings. The van der Waals surface area contributed by atoms with Crippen molar-refractivity contribution < 1.29 is 14.0 Å². The van der Waals surface area contributed by atoms with Crippen molar-refractivity contribution in [3.05, 3.63) is 100 Å². The third-order valence-electron chi connectivity index (χ3n) is 4.42. The smallest absolute Gasteiger partial charge is 0.272 e. The lowest BCUT2D eigenvalue weighted by atomic mass is 10.1. The minimum atomic E-state index is -0.515. The van der Waals surface area contributed by atoms with Crippen molar-refractivity contribution in [1.29, 1.82) is 0 Å². The normalized spacial score (nSPS) is 10.6. The van der Waals surface area contributed by atoms with Crippen LogP contribution in [0.25, 0.3) is 10.8 Å². The molecule has 3 N–H and O–H groups in total. The number of aromatic amines is 1. The van der Waals surface area contributed by atoms with Gasteiger partial charge in [0.25, 0.3) is 17.4 Å². The lowest BCUT2D eigenvalue weighted by Gasteiger charge is -2.11. The Morgan fingerprint density at radius 1 is 0.931 bits per heavy atom. The van der Waals surface area contributed by atoms with Crippen LogP contribution in [0.5, 0.6) is 0 Å². The molecule has 7 heteroatoms. The van der Waals surface area contributed by atoms with Crippen molar-refractivity contribution in [2.45, 2.75) is 6.54 Å². The molecule has 2 amide bonds. The second-order valence-electron chi connectivity index (χ2n) is 6.36. The van der Waals surface area contributed by atoms with Gasteiger partial charge in [-0.15, -0.1) is 0 Å². The lowest BCUT2D eigenvalue weighted by Crippen LogP contribution is -2.25. The zero-order chi connectivity index (χ0) is 20.2. The Balaban J connectivity index is 1.56. The summed E-state index contributed by atoms with van der Waals surface area (Å²) in [5.74, 6) is -0.253. The van der Waals surface area contributed by atoms with Crippen LogP contribution in [0.3, 0.4) is 0 Å². The standard InChI is InChI=1S/C22H17N3O4/c26-20(23-13-15-7-5-11-29-15)17-9-3-4-10-18(17)24-22(28)19-12-14-6-1-2-8-16(14)21(27)25-19/h1-12H,13H2,(H,23,26)(H,24,28)(H,25,27). The van der Waals surface area contributed by atoms with E-state index < -0.39 is 5.91 Å². The molecule has 0 bridgehead atoms. The number of carbonyl (C=O) groups is 2. The highest BCUT2D eigenvalue weighted by Gasteiger charge is 2.15. The Morgan fingerprint density at radius 3 is 2.55 bits per heavy atom. The molecule has 0 aliphatic heterocycles. The minimum absolute atomic E-state index is 0.111. The third-order valence-corrected chi connectivity index (χ3v) is 4.42. The monoisotopic (exact) mass is 387 g/mol. The fourth-order valence-electron chi connectivity index (χ4n) is 2.99. The topological polar surface area (TPSA) is 104 Å². The number of furan rings is 1. The van der Waals surface area contributed by atoms with Crippen molar-refractivity contribution in [2.75, 3.05) is 5.32 Å². The molecule has 2 heterocycles. The maximum absolute atomic E-state index is 12.7. The van der Waals surface area contributed by atoms with Gasteiger partial charge in [0.1, 0.15) is 11.5 Å². The van der Waals surface area contributed by atoms with E-state index in [4.69, 9.17) is 4.42 Å². The number of fused-ring (bicyclic) bond motifs is 1. The van der Waals surface area contributed by atoms with Crippen molar-refractivity contribution >= 4 is 28.3 Å². The molecule has 0 aliphatic carbocycles. The SMILES string of the molecule is O=C(Nc1ccccc1C(=O)NCc1ccco1)c1cc2ccccc2c(=O)[nH]1. The van der Waals surface area contributed by atoms with Crippen molar-refractivity contribution in [2.24, 2.45) is 0 Å². The van der Waals surface area contributed by atoms with Gasteiger partial charge in [-0.3, -0.25) is 14.4 Å². The van der Waals surface area contributed by atoms with E-state index in [0.29, 0.717) is 27.8 Å². The van der Waals surface area contributed by atoms with E-state index in [9.17, 15) is 14.4 Å². The van der Waals surface area contributed by atoms with Gasteiger partial charge in [-0.1, -0.05) is 30.3 Å². The Labute approximate surface area is 165 Å². The summed E-state index contributed by atoms with van der Waals surface area (Å²) in [4.78, 5) is 40.1.